The van der Waals surface area contributed by atoms with Crippen LogP contribution < -0.4 is 0 Å². The maximum Gasteiger partial charge on any atom is 0.139 e. The van der Waals surface area contributed by atoms with Gasteiger partial charge in [-0.2, -0.15) is 0 Å². The van der Waals surface area contributed by atoms with Crippen LogP contribution in [0.25, 0.3) is 0 Å². The Labute approximate surface area is 128 Å². The average molecular weight is 288 g/mol. The van der Waals surface area contributed by atoms with E-state index in [2.05, 4.69) is 13.8 Å². The number of fused-ring (bicyclic) bond motifs is 5. The predicted molar refractivity (Wildman–Crippen MR) is 81.7 cm³/mol. The van der Waals surface area contributed by atoms with Crippen molar-refractivity contribution in [2.45, 2.75) is 71.6 Å². The third kappa shape index (κ3) is 1.77. The second-order valence-corrected chi connectivity index (χ2v) is 8.82. The standard InChI is InChI=1S/C19H28O2/c1-18-9-7-13(20)11-12(18)3-4-14-15-5-6-17(21)19(15,2)10-8-16(14)18/h12,14-16H,3-11H2,1-2H3/t12-,14-,15+,16+,18+,19-/m1/s1. The molecule has 2 heteroatoms. The largest absolute Gasteiger partial charge is 0.300 e. The molecule has 116 valence electrons. The van der Waals surface area contributed by atoms with Gasteiger partial charge in [-0.3, -0.25) is 9.59 Å². The Balaban J connectivity index is 1.65. The second-order valence-electron chi connectivity index (χ2n) is 8.82. The van der Waals surface area contributed by atoms with E-state index in [1.807, 2.05) is 0 Å². The zero-order chi connectivity index (χ0) is 14.8. The Morgan fingerprint density at radius 3 is 2.52 bits per heavy atom. The van der Waals surface area contributed by atoms with Crippen molar-refractivity contribution in [3.8, 4) is 0 Å². The van der Waals surface area contributed by atoms with E-state index in [0.29, 0.717) is 28.8 Å². The first kappa shape index (κ1) is 14.0. The summed E-state index contributed by atoms with van der Waals surface area (Å²) >= 11 is 0. The zero-order valence-corrected chi connectivity index (χ0v) is 13.5. The first-order valence-electron chi connectivity index (χ1n) is 9.00. The summed E-state index contributed by atoms with van der Waals surface area (Å²) in [5.41, 5.74) is 0.374. The fourth-order valence-corrected chi connectivity index (χ4v) is 6.82. The van der Waals surface area contributed by atoms with E-state index in [4.69, 9.17) is 0 Å². The van der Waals surface area contributed by atoms with Crippen molar-refractivity contribution in [1.29, 1.82) is 0 Å². The molecule has 0 aromatic carbocycles. The summed E-state index contributed by atoms with van der Waals surface area (Å²) < 4.78 is 0. The molecule has 0 radical (unpaired) electrons. The van der Waals surface area contributed by atoms with Crippen LogP contribution in [0.3, 0.4) is 0 Å². The first-order chi connectivity index (χ1) is 9.95. The van der Waals surface area contributed by atoms with Crippen molar-refractivity contribution in [2.24, 2.45) is 34.5 Å². The molecule has 21 heavy (non-hydrogen) atoms. The normalized spacial score (nSPS) is 53.0. The summed E-state index contributed by atoms with van der Waals surface area (Å²) in [5, 5.41) is 0. The molecule has 6 atom stereocenters. The molecule has 0 spiro atoms. The van der Waals surface area contributed by atoms with Gasteiger partial charge in [0.25, 0.3) is 0 Å². The summed E-state index contributed by atoms with van der Waals surface area (Å²) in [6.07, 6.45) is 9.53. The fraction of sp³-hybridized carbons (Fsp3) is 0.895. The van der Waals surface area contributed by atoms with Crippen molar-refractivity contribution in [3.05, 3.63) is 0 Å². The maximum absolute atomic E-state index is 12.4. The quantitative estimate of drug-likeness (QED) is 0.670. The van der Waals surface area contributed by atoms with Gasteiger partial charge < -0.3 is 0 Å². The third-order valence-corrected chi connectivity index (χ3v) is 8.19. The molecule has 0 aromatic rings. The van der Waals surface area contributed by atoms with Crippen LogP contribution in [0.5, 0.6) is 0 Å². The third-order valence-electron chi connectivity index (χ3n) is 8.19. The Morgan fingerprint density at radius 1 is 0.905 bits per heavy atom. The Hall–Kier alpha value is -0.660. The molecule has 0 amide bonds. The van der Waals surface area contributed by atoms with Gasteiger partial charge in [0.1, 0.15) is 11.6 Å². The second kappa shape index (κ2) is 4.43. The SMILES string of the molecule is C[C@]12CCC(=O)C[C@H]1CC[C@H]1[C@@H]2CC[C@@]2(C)C(=O)CC[C@@H]12. The van der Waals surface area contributed by atoms with Crippen molar-refractivity contribution >= 4 is 11.6 Å². The molecule has 4 aliphatic rings. The van der Waals surface area contributed by atoms with E-state index in [1.165, 1.54) is 19.3 Å². The lowest BCUT2D eigenvalue weighted by Gasteiger charge is -2.59. The van der Waals surface area contributed by atoms with E-state index in [0.717, 1.165) is 50.4 Å². The van der Waals surface area contributed by atoms with Crippen LogP contribution in [0.15, 0.2) is 0 Å². The molecular weight excluding hydrogens is 260 g/mol. The smallest absolute Gasteiger partial charge is 0.139 e. The summed E-state index contributed by atoms with van der Waals surface area (Å²) in [6, 6.07) is 0. The summed E-state index contributed by atoms with van der Waals surface area (Å²) in [4.78, 5) is 24.2. The topological polar surface area (TPSA) is 34.1 Å². The first-order valence-corrected chi connectivity index (χ1v) is 9.00. The van der Waals surface area contributed by atoms with E-state index in [-0.39, 0.29) is 5.41 Å². The summed E-state index contributed by atoms with van der Waals surface area (Å²) in [7, 11) is 0. The van der Waals surface area contributed by atoms with Crippen LogP contribution in [0.2, 0.25) is 0 Å². The highest BCUT2D eigenvalue weighted by molar-refractivity contribution is 5.87. The molecule has 0 N–H and O–H groups in total. The van der Waals surface area contributed by atoms with Crippen LogP contribution in [-0.2, 0) is 9.59 Å². The molecule has 0 bridgehead atoms. The molecule has 4 saturated carbocycles. The summed E-state index contributed by atoms with van der Waals surface area (Å²) in [5.74, 6) is 3.82. The Kier molecular flexibility index (Phi) is 2.94. The van der Waals surface area contributed by atoms with Crippen LogP contribution >= 0.6 is 0 Å². The minimum Gasteiger partial charge on any atom is -0.300 e. The number of hydrogen-bond donors (Lipinski definition) is 0. The fourth-order valence-electron chi connectivity index (χ4n) is 6.82. The molecule has 4 rings (SSSR count). The van der Waals surface area contributed by atoms with Crippen LogP contribution in [0, 0.1) is 34.5 Å². The van der Waals surface area contributed by atoms with Gasteiger partial charge in [-0.25, -0.2) is 0 Å². The Bertz CT molecular complexity index is 496. The molecule has 4 fully saturated rings. The van der Waals surface area contributed by atoms with Crippen molar-refractivity contribution in [2.75, 3.05) is 0 Å². The van der Waals surface area contributed by atoms with Gasteiger partial charge in [0.2, 0.25) is 0 Å². The highest BCUT2D eigenvalue weighted by Crippen LogP contribution is 2.65. The minimum atomic E-state index is -0.00511. The minimum absolute atomic E-state index is 0.00511. The lowest BCUT2D eigenvalue weighted by atomic mass is 9.45. The molecule has 0 heterocycles. The van der Waals surface area contributed by atoms with Crippen molar-refractivity contribution < 1.29 is 9.59 Å². The number of carbonyl (C=O) groups excluding carboxylic acids is 2. The number of Topliss-reactive ketones (excluding diaryl/α,β-unsaturated/α-hetero) is 2. The van der Waals surface area contributed by atoms with E-state index >= 15 is 0 Å². The van der Waals surface area contributed by atoms with Gasteiger partial charge in [0.15, 0.2) is 0 Å². The molecule has 4 aliphatic carbocycles. The molecule has 2 nitrogen and oxygen atoms in total. The van der Waals surface area contributed by atoms with Crippen LogP contribution in [0.4, 0.5) is 0 Å². The molecular formula is C19H28O2. The lowest BCUT2D eigenvalue weighted by molar-refractivity contribution is -0.144. The van der Waals surface area contributed by atoms with Crippen molar-refractivity contribution in [1.82, 2.24) is 0 Å². The van der Waals surface area contributed by atoms with Crippen LogP contribution in [-0.4, -0.2) is 11.6 Å². The van der Waals surface area contributed by atoms with E-state index < -0.39 is 0 Å². The predicted octanol–water partition coefficient (Wildman–Crippen LogP) is 4.17. The van der Waals surface area contributed by atoms with Gasteiger partial charge in [0.05, 0.1) is 0 Å². The van der Waals surface area contributed by atoms with Gasteiger partial charge in [-0.1, -0.05) is 13.8 Å². The van der Waals surface area contributed by atoms with Gasteiger partial charge in [-0.05, 0) is 67.6 Å². The number of rotatable bonds is 0. The zero-order valence-electron chi connectivity index (χ0n) is 13.5. The molecule has 0 aliphatic heterocycles. The van der Waals surface area contributed by atoms with Gasteiger partial charge in [-0.15, -0.1) is 0 Å². The highest BCUT2D eigenvalue weighted by atomic mass is 16.1. The Morgan fingerprint density at radius 2 is 1.71 bits per heavy atom. The number of hydrogen-bond acceptors (Lipinski definition) is 2. The maximum atomic E-state index is 12.4. The van der Waals surface area contributed by atoms with Crippen molar-refractivity contribution in [3.63, 3.8) is 0 Å². The molecule has 0 unspecified atom stereocenters. The molecule has 0 saturated heterocycles. The van der Waals surface area contributed by atoms with Crippen LogP contribution in [0.1, 0.15) is 71.6 Å². The monoisotopic (exact) mass is 288 g/mol. The summed E-state index contributed by atoms with van der Waals surface area (Å²) in [6.45, 7) is 4.72. The van der Waals surface area contributed by atoms with Gasteiger partial charge >= 0.3 is 0 Å². The van der Waals surface area contributed by atoms with E-state index in [9.17, 15) is 9.59 Å². The average Bonchev–Trinajstić information content (AvgIpc) is 2.76. The number of carbonyl (C=O) groups is 2. The van der Waals surface area contributed by atoms with Gasteiger partial charge in [0, 0.05) is 24.7 Å². The highest BCUT2D eigenvalue weighted by Gasteiger charge is 2.60. The molecule has 0 aromatic heterocycles. The lowest BCUT2D eigenvalue weighted by Crippen LogP contribution is -2.53. The van der Waals surface area contributed by atoms with E-state index in [1.54, 1.807) is 0 Å². The number of ketones is 2.